The van der Waals surface area contributed by atoms with Gasteiger partial charge in [0.2, 0.25) is 5.91 Å². The van der Waals surface area contributed by atoms with Crippen molar-refractivity contribution in [3.8, 4) is 0 Å². The number of aromatic nitrogens is 5. The Morgan fingerprint density at radius 1 is 1.42 bits per heavy atom. The van der Waals surface area contributed by atoms with E-state index in [9.17, 15) is 14.4 Å². The summed E-state index contributed by atoms with van der Waals surface area (Å²) in [7, 11) is 0. The highest BCUT2D eigenvalue weighted by Gasteiger charge is 2.11. The first kappa shape index (κ1) is 12.4. The summed E-state index contributed by atoms with van der Waals surface area (Å²) in [6.45, 7) is -0.221. The van der Waals surface area contributed by atoms with Gasteiger partial charge in [0.25, 0.3) is 5.56 Å². The molecule has 0 aliphatic carbocycles. The molecule has 0 aliphatic heterocycles. The molecule has 2 rings (SSSR count). The van der Waals surface area contributed by atoms with Gasteiger partial charge in [0, 0.05) is 6.07 Å². The van der Waals surface area contributed by atoms with E-state index in [1.807, 2.05) is 0 Å². The lowest BCUT2D eigenvalue weighted by molar-refractivity contribution is -0.117. The maximum absolute atomic E-state index is 11.6. The number of hydrogen-bond donors (Lipinski definition) is 3. The summed E-state index contributed by atoms with van der Waals surface area (Å²) in [6, 6.07) is 2.54. The normalized spacial score (nSPS) is 10.1. The SMILES string of the molecule is O=C(Cn1cc(C(=O)O)nn1)Nc1ccc(=O)[nH]n1. The number of aromatic amines is 1. The molecule has 2 heterocycles. The molecule has 0 aromatic carbocycles. The molecule has 0 bridgehead atoms. The van der Waals surface area contributed by atoms with Crippen LogP contribution in [0.15, 0.2) is 23.1 Å². The van der Waals surface area contributed by atoms with Crippen LogP contribution in [-0.2, 0) is 11.3 Å². The van der Waals surface area contributed by atoms with Gasteiger partial charge in [-0.15, -0.1) is 5.10 Å². The Morgan fingerprint density at radius 2 is 2.21 bits per heavy atom. The Bertz CT molecular complexity index is 655. The van der Waals surface area contributed by atoms with E-state index >= 15 is 0 Å². The number of aromatic carboxylic acids is 1. The van der Waals surface area contributed by atoms with Crippen LogP contribution >= 0.6 is 0 Å². The Hall–Kier alpha value is -3.04. The summed E-state index contributed by atoms with van der Waals surface area (Å²) >= 11 is 0. The number of rotatable bonds is 4. The molecule has 19 heavy (non-hydrogen) atoms. The van der Waals surface area contributed by atoms with Crippen LogP contribution in [0.4, 0.5) is 5.82 Å². The number of nitrogens with zero attached hydrogens (tertiary/aromatic N) is 4. The lowest BCUT2D eigenvalue weighted by atomic mass is 10.5. The van der Waals surface area contributed by atoms with Gasteiger partial charge in [-0.1, -0.05) is 5.21 Å². The highest BCUT2D eigenvalue weighted by Crippen LogP contribution is 1.98. The average molecular weight is 264 g/mol. The summed E-state index contributed by atoms with van der Waals surface area (Å²) in [5, 5.41) is 23.6. The maximum Gasteiger partial charge on any atom is 0.358 e. The van der Waals surface area contributed by atoms with Gasteiger partial charge in [-0.05, 0) is 6.07 Å². The standard InChI is InChI=1S/C9H8N6O4/c16-7-2-1-6(12-13-7)10-8(17)4-15-3-5(9(18)19)11-14-15/h1-3H,4H2,(H,13,16)(H,18,19)(H,10,12,17). The molecule has 98 valence electrons. The zero-order chi connectivity index (χ0) is 13.8. The molecule has 0 saturated heterocycles. The zero-order valence-corrected chi connectivity index (χ0v) is 9.40. The predicted octanol–water partition coefficient (Wildman–Crippen LogP) is -1.30. The Morgan fingerprint density at radius 3 is 2.79 bits per heavy atom. The molecular formula is C9H8N6O4. The zero-order valence-electron chi connectivity index (χ0n) is 9.40. The van der Waals surface area contributed by atoms with E-state index < -0.39 is 11.9 Å². The van der Waals surface area contributed by atoms with Crippen LogP contribution in [-0.4, -0.2) is 42.2 Å². The van der Waals surface area contributed by atoms with Crippen LogP contribution in [0.1, 0.15) is 10.5 Å². The lowest BCUT2D eigenvalue weighted by Gasteiger charge is -2.02. The second-order valence-corrected chi connectivity index (χ2v) is 3.46. The van der Waals surface area contributed by atoms with Crippen molar-refractivity contribution >= 4 is 17.7 Å². The van der Waals surface area contributed by atoms with E-state index in [0.29, 0.717) is 0 Å². The molecule has 0 saturated carbocycles. The molecule has 10 nitrogen and oxygen atoms in total. The van der Waals surface area contributed by atoms with Crippen LogP contribution < -0.4 is 10.9 Å². The third-order valence-corrected chi connectivity index (χ3v) is 2.01. The molecule has 1 amide bonds. The van der Waals surface area contributed by atoms with Gasteiger partial charge in [-0.3, -0.25) is 9.59 Å². The van der Waals surface area contributed by atoms with Crippen molar-refractivity contribution in [2.75, 3.05) is 5.32 Å². The highest BCUT2D eigenvalue weighted by molar-refractivity contribution is 5.89. The van der Waals surface area contributed by atoms with Crippen LogP contribution in [0.5, 0.6) is 0 Å². The van der Waals surface area contributed by atoms with E-state index in [2.05, 4.69) is 25.8 Å². The summed E-state index contributed by atoms with van der Waals surface area (Å²) in [5.41, 5.74) is -0.643. The van der Waals surface area contributed by atoms with Crippen molar-refractivity contribution < 1.29 is 14.7 Å². The molecule has 0 radical (unpaired) electrons. The number of carboxylic acid groups (broad SMARTS) is 1. The first-order chi connectivity index (χ1) is 9.04. The minimum atomic E-state index is -1.23. The third kappa shape index (κ3) is 3.21. The number of H-pyrrole nitrogens is 1. The summed E-state index contributed by atoms with van der Waals surface area (Å²) < 4.78 is 1.07. The minimum Gasteiger partial charge on any atom is -0.476 e. The molecule has 0 aliphatic rings. The van der Waals surface area contributed by atoms with Crippen LogP contribution in [0.25, 0.3) is 0 Å². The molecule has 0 fully saturated rings. The van der Waals surface area contributed by atoms with Gasteiger partial charge >= 0.3 is 5.97 Å². The number of nitrogens with one attached hydrogen (secondary N) is 2. The third-order valence-electron chi connectivity index (χ3n) is 2.01. The average Bonchev–Trinajstić information content (AvgIpc) is 2.80. The van der Waals surface area contributed by atoms with Crippen molar-refractivity contribution in [3.05, 3.63) is 34.4 Å². The first-order valence-corrected chi connectivity index (χ1v) is 5.03. The maximum atomic E-state index is 11.6. The largest absolute Gasteiger partial charge is 0.476 e. The van der Waals surface area contributed by atoms with Gasteiger partial charge < -0.3 is 10.4 Å². The van der Waals surface area contributed by atoms with Crippen molar-refractivity contribution in [1.29, 1.82) is 0 Å². The van der Waals surface area contributed by atoms with Gasteiger partial charge in [0.1, 0.15) is 6.54 Å². The highest BCUT2D eigenvalue weighted by atomic mass is 16.4. The van der Waals surface area contributed by atoms with Gasteiger partial charge in [0.05, 0.1) is 6.20 Å². The number of amides is 1. The van der Waals surface area contributed by atoms with Crippen LogP contribution in [0.3, 0.4) is 0 Å². The summed E-state index contributed by atoms with van der Waals surface area (Å²) in [5.74, 6) is -1.54. The second-order valence-electron chi connectivity index (χ2n) is 3.46. The van der Waals surface area contributed by atoms with Gasteiger partial charge in [0.15, 0.2) is 11.5 Å². The topological polar surface area (TPSA) is 143 Å². The van der Waals surface area contributed by atoms with Crippen molar-refractivity contribution in [2.45, 2.75) is 6.54 Å². The summed E-state index contributed by atoms with van der Waals surface area (Å²) in [4.78, 5) is 32.9. The second kappa shape index (κ2) is 5.08. The molecule has 10 heteroatoms. The fourth-order valence-electron chi connectivity index (χ4n) is 1.22. The number of anilines is 1. The molecular weight excluding hydrogens is 256 g/mol. The van der Waals surface area contributed by atoms with E-state index in [1.165, 1.54) is 12.1 Å². The number of carbonyl (C=O) groups excluding carboxylic acids is 1. The number of carbonyl (C=O) groups is 2. The fourth-order valence-corrected chi connectivity index (χ4v) is 1.22. The van der Waals surface area contributed by atoms with Gasteiger partial charge in [-0.2, -0.15) is 5.10 Å². The fraction of sp³-hybridized carbons (Fsp3) is 0.111. The Balaban J connectivity index is 1.98. The smallest absolute Gasteiger partial charge is 0.358 e. The Kier molecular flexibility index (Phi) is 3.32. The molecule has 0 spiro atoms. The van der Waals surface area contributed by atoms with E-state index in [4.69, 9.17) is 5.11 Å². The monoisotopic (exact) mass is 264 g/mol. The first-order valence-electron chi connectivity index (χ1n) is 5.03. The molecule has 0 unspecified atom stereocenters. The molecule has 2 aromatic heterocycles. The van der Waals surface area contributed by atoms with Crippen LogP contribution in [0, 0.1) is 0 Å². The molecule has 0 atom stereocenters. The van der Waals surface area contributed by atoms with Crippen molar-refractivity contribution in [3.63, 3.8) is 0 Å². The quantitative estimate of drug-likeness (QED) is 0.622. The lowest BCUT2D eigenvalue weighted by Crippen LogP contribution is -2.21. The predicted molar refractivity (Wildman–Crippen MR) is 60.5 cm³/mol. The molecule has 3 N–H and O–H groups in total. The Labute approximate surface area is 105 Å². The van der Waals surface area contributed by atoms with Crippen molar-refractivity contribution in [2.24, 2.45) is 0 Å². The minimum absolute atomic E-state index is 0.170. The van der Waals surface area contributed by atoms with Crippen molar-refractivity contribution in [1.82, 2.24) is 25.2 Å². The van der Waals surface area contributed by atoms with Crippen LogP contribution in [0.2, 0.25) is 0 Å². The number of hydrogen-bond acceptors (Lipinski definition) is 6. The van der Waals surface area contributed by atoms with E-state index in [-0.39, 0.29) is 23.6 Å². The van der Waals surface area contributed by atoms with Gasteiger partial charge in [-0.25, -0.2) is 14.6 Å². The summed E-state index contributed by atoms with van der Waals surface area (Å²) in [6.07, 6.45) is 1.13. The molecule has 2 aromatic rings. The van der Waals surface area contributed by atoms with E-state index in [1.54, 1.807) is 0 Å². The van der Waals surface area contributed by atoms with E-state index in [0.717, 1.165) is 10.9 Å². The number of carboxylic acids is 1.